The van der Waals surface area contributed by atoms with Crippen molar-refractivity contribution in [2.75, 3.05) is 43.4 Å². The summed E-state index contributed by atoms with van der Waals surface area (Å²) in [5.41, 5.74) is 11.7. The number of allylic oxidation sites excluding steroid dienone is 1. The predicted molar refractivity (Wildman–Crippen MR) is 138 cm³/mol. The average Bonchev–Trinajstić information content (AvgIpc) is 2.86. The maximum atomic E-state index is 8.76. The van der Waals surface area contributed by atoms with Gasteiger partial charge in [0.15, 0.2) is 0 Å². The molecule has 2 aliphatic rings. The summed E-state index contributed by atoms with van der Waals surface area (Å²) in [7, 11) is 0. The minimum atomic E-state index is 0.293. The lowest BCUT2D eigenvalue weighted by Crippen LogP contribution is -2.43. The van der Waals surface area contributed by atoms with Gasteiger partial charge in [-0.2, -0.15) is 0 Å². The van der Waals surface area contributed by atoms with E-state index in [1.807, 2.05) is 30.6 Å². The Labute approximate surface area is 197 Å². The Morgan fingerprint density at radius 3 is 2.61 bits per heavy atom. The average molecular weight is 443 g/mol. The summed E-state index contributed by atoms with van der Waals surface area (Å²) in [5, 5.41) is 12.2. The van der Waals surface area contributed by atoms with Crippen molar-refractivity contribution < 1.29 is 0 Å². The van der Waals surface area contributed by atoms with Crippen LogP contribution in [0.25, 0.3) is 11.1 Å². The van der Waals surface area contributed by atoms with Crippen LogP contribution in [0.2, 0.25) is 0 Å². The molecule has 0 radical (unpaired) electrons. The van der Waals surface area contributed by atoms with Gasteiger partial charge >= 0.3 is 0 Å². The molecule has 0 aliphatic carbocycles. The SMILES string of the molecule is C#CCN1CCC(NC(=C)C(=N)c2cc(-c3cncc(N4CCCCC4)c3)ccc2N)CC1. The van der Waals surface area contributed by atoms with Crippen molar-refractivity contribution >= 4 is 17.1 Å². The van der Waals surface area contributed by atoms with E-state index in [1.165, 1.54) is 19.3 Å². The molecular weight excluding hydrogens is 408 g/mol. The first kappa shape index (κ1) is 22.9. The summed E-state index contributed by atoms with van der Waals surface area (Å²) in [4.78, 5) is 9.17. The van der Waals surface area contributed by atoms with Crippen molar-refractivity contribution in [1.82, 2.24) is 15.2 Å². The van der Waals surface area contributed by atoms with Gasteiger partial charge in [-0.1, -0.05) is 18.6 Å². The van der Waals surface area contributed by atoms with Crippen molar-refractivity contribution in [2.24, 2.45) is 0 Å². The van der Waals surface area contributed by atoms with Gasteiger partial charge in [0.05, 0.1) is 29.8 Å². The molecule has 2 aliphatic heterocycles. The van der Waals surface area contributed by atoms with Crippen molar-refractivity contribution in [3.8, 4) is 23.5 Å². The Morgan fingerprint density at radius 1 is 1.12 bits per heavy atom. The van der Waals surface area contributed by atoms with E-state index in [1.54, 1.807) is 0 Å². The molecule has 2 aromatic rings. The summed E-state index contributed by atoms with van der Waals surface area (Å²) in [6.07, 6.45) is 15.0. The van der Waals surface area contributed by atoms with Crippen LogP contribution in [0.4, 0.5) is 11.4 Å². The monoisotopic (exact) mass is 442 g/mol. The van der Waals surface area contributed by atoms with E-state index in [0.29, 0.717) is 35.2 Å². The maximum absolute atomic E-state index is 8.76. The maximum Gasteiger partial charge on any atom is 0.0858 e. The summed E-state index contributed by atoms with van der Waals surface area (Å²) in [6, 6.07) is 8.34. The van der Waals surface area contributed by atoms with E-state index in [2.05, 4.69) is 38.7 Å². The second-order valence-corrected chi connectivity index (χ2v) is 9.03. The van der Waals surface area contributed by atoms with Crippen molar-refractivity contribution in [3.63, 3.8) is 0 Å². The number of nitrogens with two attached hydrogens (primary N) is 1. The highest BCUT2D eigenvalue weighted by Crippen LogP contribution is 2.28. The Kier molecular flexibility index (Phi) is 7.31. The highest BCUT2D eigenvalue weighted by atomic mass is 15.1. The molecule has 0 spiro atoms. The van der Waals surface area contributed by atoms with E-state index >= 15 is 0 Å². The number of nitrogens with zero attached hydrogens (tertiary/aromatic N) is 3. The lowest BCUT2D eigenvalue weighted by atomic mass is 9.98. The number of nitrogen functional groups attached to an aromatic ring is 1. The first-order valence-electron chi connectivity index (χ1n) is 11.9. The second kappa shape index (κ2) is 10.5. The lowest BCUT2D eigenvalue weighted by molar-refractivity contribution is 0.225. The molecule has 1 aromatic heterocycles. The molecule has 0 unspecified atom stereocenters. The quantitative estimate of drug-likeness (QED) is 0.344. The molecule has 2 fully saturated rings. The summed E-state index contributed by atoms with van der Waals surface area (Å²) in [5.74, 6) is 2.71. The fraction of sp³-hybridized carbons (Fsp3) is 0.407. The largest absolute Gasteiger partial charge is 0.398 e. The fourth-order valence-electron chi connectivity index (χ4n) is 4.71. The zero-order valence-corrected chi connectivity index (χ0v) is 19.3. The second-order valence-electron chi connectivity index (χ2n) is 9.03. The Hall–Kier alpha value is -3.30. The number of hydrogen-bond acceptors (Lipinski definition) is 6. The zero-order chi connectivity index (χ0) is 23.2. The number of piperidine rings is 2. The molecule has 0 atom stereocenters. The van der Waals surface area contributed by atoms with Crippen LogP contribution in [0.1, 0.15) is 37.7 Å². The van der Waals surface area contributed by atoms with Crippen LogP contribution < -0.4 is 16.0 Å². The van der Waals surface area contributed by atoms with E-state index in [4.69, 9.17) is 17.6 Å². The van der Waals surface area contributed by atoms with Crippen molar-refractivity contribution in [2.45, 2.75) is 38.1 Å². The highest BCUT2D eigenvalue weighted by molar-refractivity contribution is 6.13. The van der Waals surface area contributed by atoms with Gasteiger partial charge in [-0.3, -0.25) is 15.3 Å². The molecule has 4 N–H and O–H groups in total. The van der Waals surface area contributed by atoms with Crippen LogP contribution in [0.5, 0.6) is 0 Å². The number of nitrogens with one attached hydrogen (secondary N) is 2. The fourth-order valence-corrected chi connectivity index (χ4v) is 4.71. The van der Waals surface area contributed by atoms with E-state index in [-0.39, 0.29) is 0 Å². The van der Waals surface area contributed by atoms with Crippen LogP contribution in [0, 0.1) is 17.8 Å². The minimum Gasteiger partial charge on any atom is -0.398 e. The van der Waals surface area contributed by atoms with Gasteiger partial charge in [-0.05, 0) is 55.9 Å². The summed E-state index contributed by atoms with van der Waals surface area (Å²) >= 11 is 0. The van der Waals surface area contributed by atoms with Gasteiger partial charge in [-0.25, -0.2) is 0 Å². The number of rotatable bonds is 7. The standard InChI is InChI=1S/C27H34N6/c1-3-11-32-14-9-23(10-15-32)31-20(2)27(29)25-17-21(7-8-26(25)28)22-16-24(19-30-18-22)33-12-5-4-6-13-33/h1,7-8,16-19,23,29,31H,2,4-6,9-15,28H2. The van der Waals surface area contributed by atoms with Crippen molar-refractivity contribution in [1.29, 1.82) is 5.41 Å². The first-order valence-corrected chi connectivity index (χ1v) is 11.9. The van der Waals surface area contributed by atoms with Crippen LogP contribution in [0.3, 0.4) is 0 Å². The van der Waals surface area contributed by atoms with E-state index in [9.17, 15) is 0 Å². The van der Waals surface area contributed by atoms with Crippen LogP contribution in [0.15, 0.2) is 48.9 Å². The normalized spacial score (nSPS) is 17.4. The number of benzene rings is 1. The summed E-state index contributed by atoms with van der Waals surface area (Å²) in [6.45, 7) is 8.91. The van der Waals surface area contributed by atoms with Gasteiger partial charge in [0.25, 0.3) is 0 Å². The van der Waals surface area contributed by atoms with Crippen molar-refractivity contribution in [3.05, 3.63) is 54.5 Å². The van der Waals surface area contributed by atoms with E-state index in [0.717, 1.165) is 55.8 Å². The number of terminal acetylenes is 1. The number of aromatic nitrogens is 1. The molecule has 6 nitrogen and oxygen atoms in total. The molecule has 0 amide bonds. The van der Waals surface area contributed by atoms with Crippen LogP contribution in [-0.2, 0) is 0 Å². The molecule has 172 valence electrons. The predicted octanol–water partition coefficient (Wildman–Crippen LogP) is 3.89. The Balaban J connectivity index is 1.46. The number of anilines is 2. The minimum absolute atomic E-state index is 0.293. The third-order valence-electron chi connectivity index (χ3n) is 6.68. The molecule has 0 saturated carbocycles. The molecule has 6 heteroatoms. The van der Waals surface area contributed by atoms with Crippen LogP contribution in [-0.4, -0.2) is 54.4 Å². The van der Waals surface area contributed by atoms with E-state index < -0.39 is 0 Å². The molecule has 1 aromatic carbocycles. The Morgan fingerprint density at radius 2 is 1.88 bits per heavy atom. The topological polar surface area (TPSA) is 81.3 Å². The number of likely N-dealkylation sites (tertiary alicyclic amines) is 1. The number of hydrogen-bond donors (Lipinski definition) is 3. The zero-order valence-electron chi connectivity index (χ0n) is 19.3. The first-order chi connectivity index (χ1) is 16.0. The smallest absolute Gasteiger partial charge is 0.0858 e. The van der Waals surface area contributed by atoms with Gasteiger partial charge in [0.1, 0.15) is 0 Å². The molecule has 2 saturated heterocycles. The molecular formula is C27H34N6. The Bertz CT molecular complexity index is 1040. The van der Waals surface area contributed by atoms with Gasteiger partial charge in [0.2, 0.25) is 0 Å². The molecule has 3 heterocycles. The molecule has 33 heavy (non-hydrogen) atoms. The third-order valence-corrected chi connectivity index (χ3v) is 6.68. The highest BCUT2D eigenvalue weighted by Gasteiger charge is 2.21. The number of pyridine rings is 1. The summed E-state index contributed by atoms with van der Waals surface area (Å²) < 4.78 is 0. The molecule has 0 bridgehead atoms. The third kappa shape index (κ3) is 5.55. The lowest BCUT2D eigenvalue weighted by Gasteiger charge is -2.32. The van der Waals surface area contributed by atoms with Gasteiger partial charge < -0.3 is 16.0 Å². The molecule has 4 rings (SSSR count). The van der Waals surface area contributed by atoms with Gasteiger partial charge in [-0.15, -0.1) is 6.42 Å². The van der Waals surface area contributed by atoms with Crippen LogP contribution >= 0.6 is 0 Å². The van der Waals surface area contributed by atoms with Gasteiger partial charge in [0, 0.05) is 55.2 Å².